The van der Waals surface area contributed by atoms with E-state index in [1.54, 1.807) is 6.20 Å². The smallest absolute Gasteiger partial charge is 0.259 e. The summed E-state index contributed by atoms with van der Waals surface area (Å²) in [6, 6.07) is 9.63. The van der Waals surface area contributed by atoms with Crippen LogP contribution in [-0.2, 0) is 5.54 Å². The largest absolute Gasteiger partial charge is 0.328 e. The number of hydrogen-bond donors (Lipinski definition) is 2. The predicted molar refractivity (Wildman–Crippen MR) is 90.8 cm³/mol. The van der Waals surface area contributed by atoms with E-state index in [0.29, 0.717) is 11.1 Å². The van der Waals surface area contributed by atoms with E-state index in [1.165, 1.54) is 11.9 Å². The third kappa shape index (κ3) is 2.44. The number of rotatable bonds is 2. The van der Waals surface area contributed by atoms with Crippen molar-refractivity contribution in [2.45, 2.75) is 31.2 Å². The average molecular weight is 314 g/mol. The third-order valence-electron chi connectivity index (χ3n) is 3.50. The van der Waals surface area contributed by atoms with Crippen molar-refractivity contribution in [1.82, 2.24) is 14.8 Å². The van der Waals surface area contributed by atoms with Gasteiger partial charge in [0, 0.05) is 16.7 Å². The summed E-state index contributed by atoms with van der Waals surface area (Å²) in [6.45, 7) is 6.20. The second-order valence-electron chi connectivity index (χ2n) is 6.14. The average Bonchev–Trinajstić information content (AvgIpc) is 2.88. The van der Waals surface area contributed by atoms with Crippen molar-refractivity contribution >= 4 is 22.9 Å². The molecule has 0 fully saturated rings. The van der Waals surface area contributed by atoms with E-state index < -0.39 is 0 Å². The first-order valence-corrected chi connectivity index (χ1v) is 7.88. The van der Waals surface area contributed by atoms with Crippen LogP contribution in [0.4, 0.5) is 0 Å². The van der Waals surface area contributed by atoms with Crippen LogP contribution in [0.3, 0.4) is 0 Å². The molecular formula is C16H18N4OS. The fraction of sp³-hybridized carbons (Fsp3) is 0.250. The molecule has 2 heterocycles. The molecule has 5 nitrogen and oxygen atoms in total. The summed E-state index contributed by atoms with van der Waals surface area (Å²) in [7, 11) is 0. The zero-order valence-corrected chi connectivity index (χ0v) is 13.6. The summed E-state index contributed by atoms with van der Waals surface area (Å²) in [6.07, 6.45) is 1.66. The van der Waals surface area contributed by atoms with E-state index >= 15 is 0 Å². The van der Waals surface area contributed by atoms with Gasteiger partial charge in [0.1, 0.15) is 5.69 Å². The number of nitrogens with zero attached hydrogens (tertiary/aromatic N) is 2. The fourth-order valence-electron chi connectivity index (χ4n) is 2.48. The Bertz CT molecular complexity index is 872. The molecule has 0 radical (unpaired) electrons. The van der Waals surface area contributed by atoms with E-state index in [1.807, 2.05) is 35.0 Å². The van der Waals surface area contributed by atoms with Crippen LogP contribution >= 0.6 is 11.9 Å². The molecule has 22 heavy (non-hydrogen) atoms. The molecule has 3 aromatic rings. The first-order valence-electron chi connectivity index (χ1n) is 7.00. The Kier molecular flexibility index (Phi) is 3.58. The number of nitrogens with two attached hydrogens (primary N) is 1. The maximum absolute atomic E-state index is 12.3. The van der Waals surface area contributed by atoms with Gasteiger partial charge in [-0.2, -0.15) is 5.10 Å². The molecule has 0 aliphatic rings. The summed E-state index contributed by atoms with van der Waals surface area (Å²) in [4.78, 5) is 16.0. The van der Waals surface area contributed by atoms with Crippen molar-refractivity contribution in [2.75, 3.05) is 0 Å². The summed E-state index contributed by atoms with van der Waals surface area (Å²) in [5, 5.41) is 10.9. The molecule has 0 spiro atoms. The number of nitrogens with one attached hydrogen (secondary N) is 1. The highest BCUT2D eigenvalue weighted by atomic mass is 32.2. The van der Waals surface area contributed by atoms with Crippen LogP contribution in [0.25, 0.3) is 22.2 Å². The molecule has 114 valence electrons. The quantitative estimate of drug-likeness (QED) is 0.713. The highest BCUT2D eigenvalue weighted by molar-refractivity contribution is 7.97. The van der Waals surface area contributed by atoms with Crippen molar-refractivity contribution in [3.05, 3.63) is 46.9 Å². The second kappa shape index (κ2) is 5.30. The van der Waals surface area contributed by atoms with Crippen LogP contribution in [0.5, 0.6) is 0 Å². The van der Waals surface area contributed by atoms with Gasteiger partial charge in [-0.1, -0.05) is 12.1 Å². The second-order valence-corrected chi connectivity index (χ2v) is 6.85. The van der Waals surface area contributed by atoms with Crippen molar-refractivity contribution in [3.8, 4) is 11.3 Å². The van der Waals surface area contributed by atoms with E-state index in [-0.39, 0.29) is 11.1 Å². The first kappa shape index (κ1) is 14.9. The summed E-state index contributed by atoms with van der Waals surface area (Å²) < 4.78 is 1.90. The summed E-state index contributed by atoms with van der Waals surface area (Å²) >= 11 is 1.20. The maximum Gasteiger partial charge on any atom is 0.259 e. The lowest BCUT2D eigenvalue weighted by Gasteiger charge is -2.20. The molecule has 2 aromatic heterocycles. The van der Waals surface area contributed by atoms with Gasteiger partial charge in [-0.25, -0.2) is 0 Å². The van der Waals surface area contributed by atoms with Crippen LogP contribution in [-0.4, -0.2) is 14.8 Å². The number of H-pyrrole nitrogens is 1. The molecule has 0 saturated carbocycles. The molecule has 0 bridgehead atoms. The molecule has 0 saturated heterocycles. The molecule has 6 heteroatoms. The minimum atomic E-state index is -0.211. The Morgan fingerprint density at radius 2 is 1.86 bits per heavy atom. The SMILES string of the molecule is CC(C)(C)n1nc(-c2ccc(SN)cc2)c2c(=O)[nH]ccc21. The lowest BCUT2D eigenvalue weighted by Crippen LogP contribution is -2.23. The first-order chi connectivity index (χ1) is 10.4. The normalized spacial score (nSPS) is 12.0. The Morgan fingerprint density at radius 3 is 2.45 bits per heavy atom. The minimum absolute atomic E-state index is 0.125. The highest BCUT2D eigenvalue weighted by Crippen LogP contribution is 2.29. The van der Waals surface area contributed by atoms with Crippen molar-refractivity contribution < 1.29 is 0 Å². The van der Waals surface area contributed by atoms with Crippen LogP contribution < -0.4 is 10.7 Å². The monoisotopic (exact) mass is 314 g/mol. The van der Waals surface area contributed by atoms with Gasteiger partial charge in [-0.3, -0.25) is 14.6 Å². The fourth-order valence-corrected chi connectivity index (χ4v) is 2.78. The van der Waals surface area contributed by atoms with Gasteiger partial charge in [-0.05, 0) is 50.9 Å². The van der Waals surface area contributed by atoms with Gasteiger partial charge < -0.3 is 4.98 Å². The zero-order chi connectivity index (χ0) is 15.9. The zero-order valence-electron chi connectivity index (χ0n) is 12.8. The number of aromatic amines is 1. The van der Waals surface area contributed by atoms with E-state index in [0.717, 1.165) is 16.0 Å². The van der Waals surface area contributed by atoms with Crippen LogP contribution in [0.1, 0.15) is 20.8 Å². The van der Waals surface area contributed by atoms with Crippen LogP contribution in [0, 0.1) is 0 Å². The summed E-state index contributed by atoms with van der Waals surface area (Å²) in [5.74, 6) is 0. The molecular weight excluding hydrogens is 296 g/mol. The molecule has 3 N–H and O–H groups in total. The molecule has 0 amide bonds. The molecule has 0 unspecified atom stereocenters. The highest BCUT2D eigenvalue weighted by Gasteiger charge is 2.22. The topological polar surface area (TPSA) is 76.7 Å². The van der Waals surface area contributed by atoms with Gasteiger partial charge in [-0.15, -0.1) is 0 Å². The Morgan fingerprint density at radius 1 is 1.18 bits per heavy atom. The molecule has 0 atom stereocenters. The van der Waals surface area contributed by atoms with Crippen molar-refractivity contribution in [1.29, 1.82) is 0 Å². The molecule has 3 rings (SSSR count). The van der Waals surface area contributed by atoms with Crippen LogP contribution in [0.15, 0.2) is 46.2 Å². The van der Waals surface area contributed by atoms with Gasteiger partial charge in [0.25, 0.3) is 5.56 Å². The Balaban J connectivity index is 2.31. The summed E-state index contributed by atoms with van der Waals surface area (Å²) in [5.41, 5.74) is 2.10. The van der Waals surface area contributed by atoms with Gasteiger partial charge in [0.2, 0.25) is 0 Å². The number of fused-ring (bicyclic) bond motifs is 1. The van der Waals surface area contributed by atoms with E-state index in [2.05, 4.69) is 25.8 Å². The van der Waals surface area contributed by atoms with E-state index in [4.69, 9.17) is 10.2 Å². The van der Waals surface area contributed by atoms with Crippen LogP contribution in [0.2, 0.25) is 0 Å². The molecule has 0 aliphatic heterocycles. The minimum Gasteiger partial charge on any atom is -0.328 e. The maximum atomic E-state index is 12.3. The van der Waals surface area contributed by atoms with E-state index in [9.17, 15) is 4.79 Å². The van der Waals surface area contributed by atoms with Crippen molar-refractivity contribution in [3.63, 3.8) is 0 Å². The number of aromatic nitrogens is 3. The molecule has 1 aromatic carbocycles. The number of pyridine rings is 1. The van der Waals surface area contributed by atoms with Crippen molar-refractivity contribution in [2.24, 2.45) is 5.14 Å². The number of benzene rings is 1. The standard InChI is InChI=1S/C16H18N4OS/c1-16(2,3)20-12-8-9-18-15(21)13(12)14(19-20)10-4-6-11(22-17)7-5-10/h4-9H,17H2,1-3H3,(H,18,21). The molecule has 0 aliphatic carbocycles. The van der Waals surface area contributed by atoms with Gasteiger partial charge >= 0.3 is 0 Å². The Hall–Kier alpha value is -2.05. The Labute approximate surface area is 132 Å². The van der Waals surface area contributed by atoms with Gasteiger partial charge in [0.15, 0.2) is 0 Å². The number of hydrogen-bond acceptors (Lipinski definition) is 4. The third-order valence-corrected chi connectivity index (χ3v) is 4.05. The lowest BCUT2D eigenvalue weighted by atomic mass is 10.1. The van der Waals surface area contributed by atoms with Gasteiger partial charge in [0.05, 0.1) is 16.4 Å². The lowest BCUT2D eigenvalue weighted by molar-refractivity contribution is 0.369. The predicted octanol–water partition coefficient (Wildman–Crippen LogP) is 3.11.